The number of halogens is 3. The molecule has 0 saturated heterocycles. The number of alkyl halides is 3. The molecule has 1 aromatic carbocycles. The van der Waals surface area contributed by atoms with Crippen molar-refractivity contribution in [3.8, 4) is 5.75 Å². The largest absolute Gasteiger partial charge is 0.497 e. The molecule has 1 aromatic rings. The minimum Gasteiger partial charge on any atom is -0.497 e. The number of methoxy groups -OCH3 is 1. The second-order valence-electron chi connectivity index (χ2n) is 5.92. The van der Waals surface area contributed by atoms with Gasteiger partial charge in [0.15, 0.2) is 0 Å². The first-order valence-corrected chi connectivity index (χ1v) is 6.35. The predicted octanol–water partition coefficient (Wildman–Crippen LogP) is 4.54. The molecule has 0 heterocycles. The Morgan fingerprint density at radius 1 is 0.950 bits per heavy atom. The van der Waals surface area contributed by atoms with Crippen molar-refractivity contribution in [1.29, 1.82) is 0 Å². The lowest BCUT2D eigenvalue weighted by Crippen LogP contribution is -2.42. The SMILES string of the molecule is COc1ccc(C(C)(OCC(F)(F)F)C(C)(C)C)cc1. The van der Waals surface area contributed by atoms with Gasteiger partial charge >= 0.3 is 6.18 Å². The van der Waals surface area contributed by atoms with Crippen LogP contribution in [0.4, 0.5) is 13.2 Å². The average molecular weight is 290 g/mol. The molecule has 2 nitrogen and oxygen atoms in total. The van der Waals surface area contributed by atoms with Crippen LogP contribution in [0.2, 0.25) is 0 Å². The maximum absolute atomic E-state index is 12.5. The molecular weight excluding hydrogens is 269 g/mol. The van der Waals surface area contributed by atoms with Gasteiger partial charge in [0.25, 0.3) is 0 Å². The Kier molecular flexibility index (Phi) is 4.74. The van der Waals surface area contributed by atoms with Gasteiger partial charge in [-0.25, -0.2) is 0 Å². The Morgan fingerprint density at radius 2 is 1.45 bits per heavy atom. The summed E-state index contributed by atoms with van der Waals surface area (Å²) < 4.78 is 47.7. The van der Waals surface area contributed by atoms with Crippen LogP contribution in [-0.2, 0) is 10.3 Å². The highest BCUT2D eigenvalue weighted by Crippen LogP contribution is 2.43. The van der Waals surface area contributed by atoms with Crippen LogP contribution in [0.1, 0.15) is 33.3 Å². The first-order chi connectivity index (χ1) is 8.99. The van der Waals surface area contributed by atoms with E-state index in [0.29, 0.717) is 11.3 Å². The van der Waals surface area contributed by atoms with Gasteiger partial charge in [0.05, 0.1) is 12.7 Å². The fourth-order valence-electron chi connectivity index (χ4n) is 1.87. The van der Waals surface area contributed by atoms with E-state index in [9.17, 15) is 13.2 Å². The number of hydrogen-bond acceptors (Lipinski definition) is 2. The van der Waals surface area contributed by atoms with Crippen molar-refractivity contribution in [3.63, 3.8) is 0 Å². The van der Waals surface area contributed by atoms with Crippen molar-refractivity contribution >= 4 is 0 Å². The number of hydrogen-bond donors (Lipinski definition) is 0. The maximum Gasteiger partial charge on any atom is 0.411 e. The summed E-state index contributed by atoms with van der Waals surface area (Å²) in [6, 6.07) is 6.91. The lowest BCUT2D eigenvalue weighted by atomic mass is 9.73. The van der Waals surface area contributed by atoms with Crippen LogP contribution in [0, 0.1) is 5.41 Å². The zero-order valence-corrected chi connectivity index (χ0v) is 12.5. The highest BCUT2D eigenvalue weighted by atomic mass is 19.4. The normalized spacial score (nSPS) is 15.8. The summed E-state index contributed by atoms with van der Waals surface area (Å²) in [6.07, 6.45) is -4.35. The molecule has 0 N–H and O–H groups in total. The zero-order valence-electron chi connectivity index (χ0n) is 12.5. The van der Waals surface area contributed by atoms with Crippen LogP contribution in [0.25, 0.3) is 0 Å². The van der Waals surface area contributed by atoms with Gasteiger partial charge in [0.2, 0.25) is 0 Å². The lowest BCUT2D eigenvalue weighted by Gasteiger charge is -2.42. The quantitative estimate of drug-likeness (QED) is 0.810. The molecule has 1 rings (SSSR count). The molecule has 0 saturated carbocycles. The Bertz CT molecular complexity index is 432. The second-order valence-corrected chi connectivity index (χ2v) is 5.92. The predicted molar refractivity (Wildman–Crippen MR) is 71.8 cm³/mol. The fourth-order valence-corrected chi connectivity index (χ4v) is 1.87. The van der Waals surface area contributed by atoms with E-state index in [1.807, 2.05) is 20.8 Å². The monoisotopic (exact) mass is 290 g/mol. The first-order valence-electron chi connectivity index (χ1n) is 6.35. The molecule has 20 heavy (non-hydrogen) atoms. The fraction of sp³-hybridized carbons (Fsp3) is 0.600. The molecule has 1 atom stereocenters. The molecule has 0 aliphatic carbocycles. The molecule has 0 aliphatic rings. The molecule has 0 aliphatic heterocycles. The van der Waals surface area contributed by atoms with Crippen molar-refractivity contribution in [2.75, 3.05) is 13.7 Å². The van der Waals surface area contributed by atoms with Gasteiger partial charge in [-0.2, -0.15) is 13.2 Å². The van der Waals surface area contributed by atoms with Gasteiger partial charge in [0, 0.05) is 0 Å². The van der Waals surface area contributed by atoms with Crippen LogP contribution in [0.3, 0.4) is 0 Å². The van der Waals surface area contributed by atoms with Crippen molar-refractivity contribution in [2.45, 2.75) is 39.5 Å². The van der Waals surface area contributed by atoms with Crippen LogP contribution in [0.5, 0.6) is 5.75 Å². The van der Waals surface area contributed by atoms with E-state index in [1.165, 1.54) is 7.11 Å². The molecule has 0 amide bonds. The minimum absolute atomic E-state index is 0.493. The van der Waals surface area contributed by atoms with Crippen molar-refractivity contribution in [3.05, 3.63) is 29.8 Å². The van der Waals surface area contributed by atoms with Gasteiger partial charge in [-0.05, 0) is 30.0 Å². The number of rotatable bonds is 4. The van der Waals surface area contributed by atoms with E-state index in [4.69, 9.17) is 9.47 Å². The molecule has 114 valence electrons. The molecule has 0 spiro atoms. The second kappa shape index (κ2) is 5.64. The van der Waals surface area contributed by atoms with Crippen molar-refractivity contribution < 1.29 is 22.6 Å². The zero-order chi connectivity index (χ0) is 15.6. The molecule has 1 unspecified atom stereocenters. The van der Waals surface area contributed by atoms with Gasteiger partial charge in [-0.3, -0.25) is 0 Å². The van der Waals surface area contributed by atoms with E-state index < -0.39 is 23.8 Å². The minimum atomic E-state index is -4.35. The summed E-state index contributed by atoms with van der Waals surface area (Å²) >= 11 is 0. The topological polar surface area (TPSA) is 18.5 Å². The third kappa shape index (κ3) is 3.88. The van der Waals surface area contributed by atoms with Crippen molar-refractivity contribution in [2.24, 2.45) is 5.41 Å². The summed E-state index contributed by atoms with van der Waals surface area (Å²) in [6.45, 7) is 5.97. The van der Waals surface area contributed by atoms with Crippen LogP contribution in [0.15, 0.2) is 24.3 Å². The van der Waals surface area contributed by atoms with Crippen LogP contribution < -0.4 is 4.74 Å². The van der Waals surface area contributed by atoms with Gasteiger partial charge < -0.3 is 9.47 Å². The first kappa shape index (κ1) is 16.8. The van der Waals surface area contributed by atoms with E-state index >= 15 is 0 Å². The maximum atomic E-state index is 12.5. The Morgan fingerprint density at radius 3 is 1.80 bits per heavy atom. The molecule has 0 bridgehead atoms. The Labute approximate surface area is 117 Å². The molecular formula is C15H21F3O2. The standard InChI is InChI=1S/C15H21F3O2/c1-13(2,3)14(4,20-10-15(16,17)18)11-6-8-12(19-5)9-7-11/h6-9H,10H2,1-5H3. The van der Waals surface area contributed by atoms with Crippen LogP contribution in [-0.4, -0.2) is 19.9 Å². The van der Waals surface area contributed by atoms with Crippen LogP contribution >= 0.6 is 0 Å². The molecule has 5 heteroatoms. The summed E-state index contributed by atoms with van der Waals surface area (Å²) in [5.41, 5.74) is -0.850. The Hall–Kier alpha value is -1.23. The Balaban J connectivity index is 3.10. The van der Waals surface area contributed by atoms with E-state index in [1.54, 1.807) is 31.2 Å². The third-order valence-corrected chi connectivity index (χ3v) is 3.60. The highest BCUT2D eigenvalue weighted by Gasteiger charge is 2.43. The van der Waals surface area contributed by atoms with E-state index in [-0.39, 0.29) is 0 Å². The smallest absolute Gasteiger partial charge is 0.411 e. The number of ether oxygens (including phenoxy) is 2. The third-order valence-electron chi connectivity index (χ3n) is 3.60. The van der Waals surface area contributed by atoms with E-state index in [2.05, 4.69) is 0 Å². The summed E-state index contributed by atoms with van der Waals surface area (Å²) in [7, 11) is 1.54. The molecule has 0 aromatic heterocycles. The average Bonchev–Trinajstić information content (AvgIpc) is 2.34. The summed E-state index contributed by atoms with van der Waals surface area (Å²) in [4.78, 5) is 0. The molecule has 0 radical (unpaired) electrons. The van der Waals surface area contributed by atoms with E-state index in [0.717, 1.165) is 0 Å². The molecule has 0 fully saturated rings. The summed E-state index contributed by atoms with van der Waals surface area (Å²) in [5, 5.41) is 0. The van der Waals surface area contributed by atoms with Gasteiger partial charge in [-0.15, -0.1) is 0 Å². The van der Waals surface area contributed by atoms with Crippen molar-refractivity contribution in [1.82, 2.24) is 0 Å². The number of benzene rings is 1. The van der Waals surface area contributed by atoms with Gasteiger partial charge in [-0.1, -0.05) is 32.9 Å². The van der Waals surface area contributed by atoms with Gasteiger partial charge in [0.1, 0.15) is 12.4 Å². The lowest BCUT2D eigenvalue weighted by molar-refractivity contribution is -0.224. The highest BCUT2D eigenvalue weighted by molar-refractivity contribution is 5.31. The summed E-state index contributed by atoms with van der Waals surface area (Å²) in [5.74, 6) is 0.654.